The first-order valence-corrected chi connectivity index (χ1v) is 8.29. The zero-order chi connectivity index (χ0) is 18.7. The number of benzene rings is 2. The third-order valence-corrected chi connectivity index (χ3v) is 3.99. The van der Waals surface area contributed by atoms with E-state index in [1.165, 1.54) is 12.1 Å². The van der Waals surface area contributed by atoms with Gasteiger partial charge in [0.1, 0.15) is 6.54 Å². The van der Waals surface area contributed by atoms with E-state index in [-0.39, 0.29) is 11.0 Å². The highest BCUT2D eigenvalue weighted by molar-refractivity contribution is 5.91. The van der Waals surface area contributed by atoms with Gasteiger partial charge in [-0.1, -0.05) is 37.6 Å². The van der Waals surface area contributed by atoms with Gasteiger partial charge in [-0.05, 0) is 36.2 Å². The van der Waals surface area contributed by atoms with Crippen LogP contribution in [0.2, 0.25) is 0 Å². The highest BCUT2D eigenvalue weighted by atomic mass is 19.4. The summed E-state index contributed by atoms with van der Waals surface area (Å²) in [5.41, 5.74) is 2.17. The molecule has 1 aromatic heterocycles. The first kappa shape index (κ1) is 18.0. The molecule has 0 saturated heterocycles. The monoisotopic (exact) mass is 361 g/mol. The van der Waals surface area contributed by atoms with Gasteiger partial charge in [0, 0.05) is 5.69 Å². The maximum atomic E-state index is 13.3. The number of alkyl halides is 3. The molecule has 26 heavy (non-hydrogen) atoms. The zero-order valence-corrected chi connectivity index (χ0v) is 14.2. The van der Waals surface area contributed by atoms with Crippen molar-refractivity contribution in [3.8, 4) is 0 Å². The van der Waals surface area contributed by atoms with E-state index in [9.17, 15) is 18.0 Å². The molecule has 0 atom stereocenters. The Hall–Kier alpha value is -2.83. The third kappa shape index (κ3) is 3.87. The second-order valence-corrected chi connectivity index (χ2v) is 6.00. The van der Waals surface area contributed by atoms with Crippen molar-refractivity contribution < 1.29 is 18.0 Å². The second-order valence-electron chi connectivity index (χ2n) is 6.00. The number of hydrogen-bond donors (Lipinski definition) is 1. The van der Waals surface area contributed by atoms with Gasteiger partial charge in [-0.15, -0.1) is 0 Å². The smallest absolute Gasteiger partial charge is 0.325 e. The van der Waals surface area contributed by atoms with Crippen molar-refractivity contribution in [3.63, 3.8) is 0 Å². The largest absolute Gasteiger partial charge is 0.449 e. The Balaban J connectivity index is 1.82. The maximum absolute atomic E-state index is 13.3. The first-order valence-electron chi connectivity index (χ1n) is 8.29. The number of hydrogen-bond acceptors (Lipinski definition) is 2. The molecule has 2 aromatic carbocycles. The summed E-state index contributed by atoms with van der Waals surface area (Å²) in [4.78, 5) is 15.9. The number of aryl methyl sites for hydroxylation is 1. The predicted octanol–water partition coefficient (Wildman–Crippen LogP) is 4.65. The molecule has 4 nitrogen and oxygen atoms in total. The highest BCUT2D eigenvalue weighted by Crippen LogP contribution is 2.31. The Morgan fingerprint density at radius 2 is 1.81 bits per heavy atom. The molecule has 136 valence electrons. The molecule has 1 amide bonds. The van der Waals surface area contributed by atoms with Crippen LogP contribution in [-0.4, -0.2) is 15.5 Å². The molecule has 0 spiro atoms. The summed E-state index contributed by atoms with van der Waals surface area (Å²) < 4.78 is 40.7. The van der Waals surface area contributed by atoms with Gasteiger partial charge in [-0.3, -0.25) is 4.79 Å². The molecule has 1 heterocycles. The minimum absolute atomic E-state index is 0.205. The number of carbonyl (C=O) groups is 1. The van der Waals surface area contributed by atoms with Gasteiger partial charge in [-0.25, -0.2) is 4.98 Å². The number of anilines is 1. The first-order chi connectivity index (χ1) is 12.4. The molecule has 0 aliphatic carbocycles. The fraction of sp³-hybridized carbons (Fsp3) is 0.263. The van der Waals surface area contributed by atoms with Gasteiger partial charge in [0.15, 0.2) is 0 Å². The van der Waals surface area contributed by atoms with Crippen molar-refractivity contribution in [1.29, 1.82) is 0 Å². The molecule has 0 bridgehead atoms. The number of nitrogens with one attached hydrogen (secondary N) is 1. The molecule has 0 saturated carbocycles. The molecule has 0 radical (unpaired) electrons. The van der Waals surface area contributed by atoms with E-state index in [0.717, 1.165) is 23.0 Å². The standard InChI is InChI=1S/C19H18F3N3O/c1-2-5-13-8-10-14(11-9-13)23-17(26)12-25-16-7-4-3-6-15(16)24-18(25)19(20,21)22/h3-4,6-11H,2,5,12H2,1H3,(H,23,26). The summed E-state index contributed by atoms with van der Waals surface area (Å²) >= 11 is 0. The second kappa shape index (κ2) is 7.19. The van der Waals surface area contributed by atoms with Crippen LogP contribution < -0.4 is 5.32 Å². The van der Waals surface area contributed by atoms with Crippen LogP contribution in [0.5, 0.6) is 0 Å². The van der Waals surface area contributed by atoms with Crippen molar-refractivity contribution in [2.75, 3.05) is 5.32 Å². The molecule has 0 aliphatic rings. The van der Waals surface area contributed by atoms with Gasteiger partial charge >= 0.3 is 6.18 Å². The van der Waals surface area contributed by atoms with Crippen LogP contribution in [0.3, 0.4) is 0 Å². The van der Waals surface area contributed by atoms with E-state index in [1.807, 2.05) is 12.1 Å². The SMILES string of the molecule is CCCc1ccc(NC(=O)Cn2c(C(F)(F)F)nc3ccccc32)cc1. The lowest BCUT2D eigenvalue weighted by molar-refractivity contribution is -0.147. The number of nitrogens with zero attached hydrogens (tertiary/aromatic N) is 2. The molecule has 3 aromatic rings. The Morgan fingerprint density at radius 3 is 2.46 bits per heavy atom. The van der Waals surface area contributed by atoms with Gasteiger partial charge < -0.3 is 9.88 Å². The summed E-state index contributed by atoms with van der Waals surface area (Å²) in [6.45, 7) is 1.61. The van der Waals surface area contributed by atoms with E-state index in [2.05, 4.69) is 17.2 Å². The molecule has 0 unspecified atom stereocenters. The van der Waals surface area contributed by atoms with Crippen LogP contribution in [0.1, 0.15) is 24.7 Å². The number of imidazole rings is 1. The Labute approximate surface area is 148 Å². The normalized spacial score (nSPS) is 11.7. The number of rotatable bonds is 5. The topological polar surface area (TPSA) is 46.9 Å². The molecule has 3 rings (SSSR count). The number of para-hydroxylation sites is 2. The van der Waals surface area contributed by atoms with Crippen LogP contribution in [0.25, 0.3) is 11.0 Å². The Kier molecular flexibility index (Phi) is 4.97. The lowest BCUT2D eigenvalue weighted by atomic mass is 10.1. The van der Waals surface area contributed by atoms with Crippen molar-refractivity contribution in [3.05, 3.63) is 59.9 Å². The van der Waals surface area contributed by atoms with Crippen LogP contribution in [0.15, 0.2) is 48.5 Å². The lowest BCUT2D eigenvalue weighted by Crippen LogP contribution is -2.23. The Morgan fingerprint density at radius 1 is 1.12 bits per heavy atom. The number of aromatic nitrogens is 2. The average Bonchev–Trinajstić information content (AvgIpc) is 2.96. The molecule has 1 N–H and O–H groups in total. The fourth-order valence-corrected chi connectivity index (χ4v) is 2.84. The summed E-state index contributed by atoms with van der Waals surface area (Å²) in [7, 11) is 0. The summed E-state index contributed by atoms with van der Waals surface area (Å²) in [5, 5.41) is 2.64. The van der Waals surface area contributed by atoms with E-state index in [0.29, 0.717) is 5.69 Å². The van der Waals surface area contributed by atoms with Crippen molar-refractivity contribution in [1.82, 2.24) is 9.55 Å². The van der Waals surface area contributed by atoms with Crippen LogP contribution in [0.4, 0.5) is 18.9 Å². The predicted molar refractivity (Wildman–Crippen MR) is 93.8 cm³/mol. The van der Waals surface area contributed by atoms with Crippen LogP contribution in [0, 0.1) is 0 Å². The Bertz CT molecular complexity index is 914. The zero-order valence-electron chi connectivity index (χ0n) is 14.2. The minimum atomic E-state index is -4.64. The molecule has 7 heteroatoms. The van der Waals surface area contributed by atoms with Gasteiger partial charge in [0.05, 0.1) is 11.0 Å². The summed E-state index contributed by atoms with van der Waals surface area (Å²) in [5.74, 6) is -1.62. The quantitative estimate of drug-likeness (QED) is 0.719. The van der Waals surface area contributed by atoms with E-state index in [1.54, 1.807) is 24.3 Å². The van der Waals surface area contributed by atoms with E-state index < -0.39 is 24.5 Å². The van der Waals surface area contributed by atoms with E-state index in [4.69, 9.17) is 0 Å². The fourth-order valence-electron chi connectivity index (χ4n) is 2.84. The number of amides is 1. The van der Waals surface area contributed by atoms with E-state index >= 15 is 0 Å². The van der Waals surface area contributed by atoms with Crippen LogP contribution >= 0.6 is 0 Å². The lowest BCUT2D eigenvalue weighted by Gasteiger charge is -2.12. The number of fused-ring (bicyclic) bond motifs is 1. The average molecular weight is 361 g/mol. The minimum Gasteiger partial charge on any atom is -0.325 e. The van der Waals surface area contributed by atoms with Gasteiger partial charge in [0.2, 0.25) is 11.7 Å². The maximum Gasteiger partial charge on any atom is 0.449 e. The molecular formula is C19H18F3N3O. The number of carbonyl (C=O) groups excluding carboxylic acids is 1. The molecule has 0 aliphatic heterocycles. The summed E-state index contributed by atoms with van der Waals surface area (Å²) in [6.07, 6.45) is -2.69. The molecule has 0 fully saturated rings. The number of halogens is 3. The van der Waals surface area contributed by atoms with Gasteiger partial charge in [0.25, 0.3) is 0 Å². The van der Waals surface area contributed by atoms with Gasteiger partial charge in [-0.2, -0.15) is 13.2 Å². The van der Waals surface area contributed by atoms with Crippen molar-refractivity contribution >= 4 is 22.6 Å². The molecular weight excluding hydrogens is 343 g/mol. The van der Waals surface area contributed by atoms with Crippen molar-refractivity contribution in [2.45, 2.75) is 32.5 Å². The van der Waals surface area contributed by atoms with Crippen LogP contribution in [-0.2, 0) is 23.9 Å². The van der Waals surface area contributed by atoms with Crippen molar-refractivity contribution in [2.24, 2.45) is 0 Å². The summed E-state index contributed by atoms with van der Waals surface area (Å²) in [6, 6.07) is 13.5. The third-order valence-electron chi connectivity index (χ3n) is 3.99. The highest BCUT2D eigenvalue weighted by Gasteiger charge is 2.37.